The van der Waals surface area contributed by atoms with E-state index in [0.717, 1.165) is 35.9 Å². The predicted molar refractivity (Wildman–Crippen MR) is 109 cm³/mol. The summed E-state index contributed by atoms with van der Waals surface area (Å²) in [5, 5.41) is 0. The number of piperidine rings is 1. The van der Waals surface area contributed by atoms with Crippen molar-refractivity contribution < 1.29 is 21.6 Å². The molecule has 3 rings (SSSR count). The fraction of sp³-hybridized carbons (Fsp3) is 0.476. The quantitative estimate of drug-likeness (QED) is 0.705. The van der Waals surface area contributed by atoms with Crippen molar-refractivity contribution in [2.45, 2.75) is 38.3 Å². The highest BCUT2D eigenvalue weighted by Gasteiger charge is 2.32. The number of rotatable bonds is 5. The molecule has 1 saturated heterocycles. The van der Waals surface area contributed by atoms with Gasteiger partial charge >= 0.3 is 6.18 Å². The molecule has 30 heavy (non-hydrogen) atoms. The molecular weight excluding hydrogens is 415 g/mol. The molecule has 1 aromatic heterocycles. The lowest BCUT2D eigenvalue weighted by Gasteiger charge is -2.33. The molecule has 0 saturated carbocycles. The van der Waals surface area contributed by atoms with Crippen LogP contribution in [0.1, 0.15) is 46.8 Å². The van der Waals surface area contributed by atoms with Crippen LogP contribution in [0.15, 0.2) is 36.4 Å². The first-order valence-electron chi connectivity index (χ1n) is 9.78. The lowest BCUT2D eigenvalue weighted by Crippen LogP contribution is -2.45. The molecule has 0 aliphatic carbocycles. The third kappa shape index (κ3) is 5.19. The van der Waals surface area contributed by atoms with Crippen LogP contribution in [-0.2, 0) is 22.8 Å². The Morgan fingerprint density at radius 2 is 1.90 bits per heavy atom. The molecule has 1 aliphatic heterocycles. The van der Waals surface area contributed by atoms with Crippen molar-refractivity contribution in [2.75, 3.05) is 27.2 Å². The minimum Gasteiger partial charge on any atom is -0.258 e. The van der Waals surface area contributed by atoms with Gasteiger partial charge in [0.25, 0.3) is 10.2 Å². The molecule has 5 nitrogen and oxygen atoms in total. The van der Waals surface area contributed by atoms with E-state index in [1.807, 2.05) is 19.1 Å². The van der Waals surface area contributed by atoms with Crippen molar-refractivity contribution in [1.29, 1.82) is 0 Å². The van der Waals surface area contributed by atoms with Gasteiger partial charge in [0.05, 0.1) is 5.56 Å². The number of aromatic nitrogens is 1. The molecule has 164 valence electrons. The summed E-state index contributed by atoms with van der Waals surface area (Å²) in [4.78, 5) is 4.60. The standard InChI is InChI=1S/C21H26F3N3O2S/c1-15-10-17(11-16-6-4-8-19(12-16)21(22,23)24)13-20(25-15)18-7-5-9-27(14-18)30(28,29)26(2)3/h4,6,8,10,12-13,18H,5,7,9,11,14H2,1-3H3. The Labute approximate surface area is 175 Å². The van der Waals surface area contributed by atoms with Crippen LogP contribution in [0.4, 0.5) is 13.2 Å². The van der Waals surface area contributed by atoms with Gasteiger partial charge < -0.3 is 0 Å². The summed E-state index contributed by atoms with van der Waals surface area (Å²) < 4.78 is 66.7. The fourth-order valence-electron chi connectivity index (χ4n) is 3.80. The summed E-state index contributed by atoms with van der Waals surface area (Å²) in [5.41, 5.74) is 2.33. The van der Waals surface area contributed by atoms with Crippen LogP contribution in [0.25, 0.3) is 0 Å². The Hall–Kier alpha value is -1.97. The Kier molecular flexibility index (Phi) is 6.54. The molecule has 1 aromatic carbocycles. The van der Waals surface area contributed by atoms with Crippen LogP contribution in [-0.4, -0.2) is 49.2 Å². The van der Waals surface area contributed by atoms with E-state index in [9.17, 15) is 21.6 Å². The summed E-state index contributed by atoms with van der Waals surface area (Å²) in [6, 6.07) is 9.08. The maximum atomic E-state index is 13.0. The minimum atomic E-state index is -4.38. The van der Waals surface area contributed by atoms with Crippen LogP contribution in [0.2, 0.25) is 0 Å². The van der Waals surface area contributed by atoms with Crippen molar-refractivity contribution in [3.63, 3.8) is 0 Å². The molecule has 0 amide bonds. The number of alkyl halides is 3. The average Bonchev–Trinajstić information content (AvgIpc) is 2.67. The van der Waals surface area contributed by atoms with Crippen LogP contribution in [0.5, 0.6) is 0 Å². The molecule has 1 fully saturated rings. The van der Waals surface area contributed by atoms with E-state index in [0.29, 0.717) is 25.1 Å². The minimum absolute atomic E-state index is 0.0476. The van der Waals surface area contributed by atoms with E-state index in [4.69, 9.17) is 0 Å². The maximum absolute atomic E-state index is 13.0. The third-order valence-electron chi connectivity index (χ3n) is 5.29. The number of pyridine rings is 1. The van der Waals surface area contributed by atoms with Gasteiger partial charge in [-0.25, -0.2) is 0 Å². The van der Waals surface area contributed by atoms with Gasteiger partial charge in [-0.15, -0.1) is 0 Å². The van der Waals surface area contributed by atoms with E-state index in [2.05, 4.69) is 4.98 Å². The first kappa shape index (κ1) is 22.7. The van der Waals surface area contributed by atoms with Crippen molar-refractivity contribution in [3.8, 4) is 0 Å². The lowest BCUT2D eigenvalue weighted by atomic mass is 9.93. The molecule has 1 atom stereocenters. The number of halogens is 3. The van der Waals surface area contributed by atoms with Crippen molar-refractivity contribution in [3.05, 3.63) is 64.5 Å². The zero-order valence-corrected chi connectivity index (χ0v) is 18.1. The first-order valence-corrected chi connectivity index (χ1v) is 11.2. The normalized spacial score (nSPS) is 18.7. The molecule has 0 spiro atoms. The smallest absolute Gasteiger partial charge is 0.258 e. The molecule has 1 aliphatic rings. The van der Waals surface area contributed by atoms with Crippen LogP contribution in [0, 0.1) is 6.92 Å². The topological polar surface area (TPSA) is 53.5 Å². The van der Waals surface area contributed by atoms with E-state index >= 15 is 0 Å². The lowest BCUT2D eigenvalue weighted by molar-refractivity contribution is -0.137. The largest absolute Gasteiger partial charge is 0.416 e. The molecule has 0 bridgehead atoms. The number of nitrogens with zero attached hydrogens (tertiary/aromatic N) is 3. The summed E-state index contributed by atoms with van der Waals surface area (Å²) in [6.07, 6.45) is -2.47. The van der Waals surface area contributed by atoms with Crippen molar-refractivity contribution in [2.24, 2.45) is 0 Å². The van der Waals surface area contributed by atoms with Crippen LogP contribution >= 0.6 is 0 Å². The Morgan fingerprint density at radius 1 is 1.17 bits per heavy atom. The molecule has 0 radical (unpaired) electrons. The molecule has 9 heteroatoms. The zero-order chi connectivity index (χ0) is 22.1. The maximum Gasteiger partial charge on any atom is 0.416 e. The highest BCUT2D eigenvalue weighted by atomic mass is 32.2. The number of benzene rings is 1. The number of hydrogen-bond acceptors (Lipinski definition) is 3. The monoisotopic (exact) mass is 441 g/mol. The predicted octanol–water partition coefficient (Wildman–Crippen LogP) is 3.99. The summed E-state index contributed by atoms with van der Waals surface area (Å²) in [7, 11) is -0.474. The summed E-state index contributed by atoms with van der Waals surface area (Å²) in [5.74, 6) is -0.0476. The Bertz CT molecular complexity index is 1010. The van der Waals surface area contributed by atoms with Gasteiger partial charge in [0.2, 0.25) is 0 Å². The fourth-order valence-corrected chi connectivity index (χ4v) is 4.99. The molecule has 0 N–H and O–H groups in total. The van der Waals surface area contributed by atoms with Gasteiger partial charge in [-0.05, 0) is 55.5 Å². The van der Waals surface area contributed by atoms with E-state index < -0.39 is 21.9 Å². The second kappa shape index (κ2) is 8.64. The second-order valence-electron chi connectivity index (χ2n) is 7.90. The van der Waals surface area contributed by atoms with Crippen molar-refractivity contribution >= 4 is 10.2 Å². The van der Waals surface area contributed by atoms with Crippen molar-refractivity contribution in [1.82, 2.24) is 13.6 Å². The van der Waals surface area contributed by atoms with Gasteiger partial charge in [-0.2, -0.15) is 30.2 Å². The van der Waals surface area contributed by atoms with Gasteiger partial charge in [0.1, 0.15) is 0 Å². The average molecular weight is 442 g/mol. The van der Waals surface area contributed by atoms with E-state index in [-0.39, 0.29) is 5.92 Å². The molecule has 1 unspecified atom stereocenters. The van der Waals surface area contributed by atoms with Crippen LogP contribution in [0.3, 0.4) is 0 Å². The number of aryl methyl sites for hydroxylation is 1. The Balaban J connectivity index is 1.84. The SMILES string of the molecule is Cc1cc(Cc2cccc(C(F)(F)F)c2)cc(C2CCCN(S(=O)(=O)N(C)C)C2)n1. The van der Waals surface area contributed by atoms with E-state index in [1.54, 1.807) is 6.07 Å². The van der Waals surface area contributed by atoms with E-state index in [1.165, 1.54) is 34.8 Å². The number of hydrogen-bond donors (Lipinski definition) is 0. The van der Waals surface area contributed by atoms with Crippen LogP contribution < -0.4 is 0 Å². The highest BCUT2D eigenvalue weighted by Crippen LogP contribution is 2.31. The summed E-state index contributed by atoms with van der Waals surface area (Å²) in [6.45, 7) is 2.66. The highest BCUT2D eigenvalue weighted by molar-refractivity contribution is 7.86. The zero-order valence-electron chi connectivity index (χ0n) is 17.3. The second-order valence-corrected chi connectivity index (χ2v) is 10.0. The van der Waals surface area contributed by atoms with Gasteiger partial charge in [-0.3, -0.25) is 4.98 Å². The Morgan fingerprint density at radius 3 is 2.57 bits per heavy atom. The van der Waals surface area contributed by atoms with Gasteiger partial charge in [0.15, 0.2) is 0 Å². The molecule has 2 aromatic rings. The summed E-state index contributed by atoms with van der Waals surface area (Å²) >= 11 is 0. The molecule has 2 heterocycles. The van der Waals surface area contributed by atoms with Gasteiger partial charge in [0, 0.05) is 44.5 Å². The third-order valence-corrected chi connectivity index (χ3v) is 7.19. The first-order chi connectivity index (χ1) is 14.0. The molecular formula is C21H26F3N3O2S. The van der Waals surface area contributed by atoms with Gasteiger partial charge in [-0.1, -0.05) is 18.2 Å².